The molecule has 0 heterocycles. The number of hydrogen-bond donors (Lipinski definition) is 2. The number of amides is 2. The Morgan fingerprint density at radius 1 is 0.571 bits per heavy atom. The molecule has 0 bridgehead atoms. The number of benzene rings is 3. The van der Waals surface area contributed by atoms with E-state index in [1.165, 1.54) is 0 Å². The monoisotopic (exact) mass is 452 g/mol. The van der Waals surface area contributed by atoms with Gasteiger partial charge in [0.25, 0.3) is 11.8 Å². The molecule has 4 nitrogen and oxygen atoms in total. The van der Waals surface area contributed by atoms with Gasteiger partial charge in [-0.2, -0.15) is 0 Å². The van der Waals surface area contributed by atoms with Crippen LogP contribution < -0.4 is 10.6 Å². The van der Waals surface area contributed by atoms with Gasteiger partial charge in [-0.3, -0.25) is 9.59 Å². The van der Waals surface area contributed by atoms with Crippen molar-refractivity contribution in [1.82, 2.24) is 0 Å². The highest BCUT2D eigenvalue weighted by Gasteiger charge is 2.17. The van der Waals surface area contributed by atoms with Crippen molar-refractivity contribution in [3.8, 4) is 0 Å². The first-order valence-electron chi connectivity index (χ1n) is 7.96. The molecule has 3 aromatic rings. The van der Waals surface area contributed by atoms with Crippen molar-refractivity contribution in [1.29, 1.82) is 0 Å². The van der Waals surface area contributed by atoms with Crippen LogP contribution in [-0.2, 0) is 0 Å². The lowest BCUT2D eigenvalue weighted by Crippen LogP contribution is -2.20. The van der Waals surface area contributed by atoms with Crippen molar-refractivity contribution in [3.05, 3.63) is 91.9 Å². The fourth-order valence-corrected chi connectivity index (χ4v) is 3.58. The van der Waals surface area contributed by atoms with Crippen LogP contribution in [0.4, 0.5) is 11.4 Å². The van der Waals surface area contributed by atoms with E-state index in [0.29, 0.717) is 31.5 Å². The first-order valence-corrected chi connectivity index (χ1v) is 9.47. The SMILES string of the molecule is O=C(Nc1cc(Cl)cc(Cl)c1)c1ccccc1C(=O)Nc1cc(Cl)cc(Cl)c1. The summed E-state index contributed by atoms with van der Waals surface area (Å²) in [5, 5.41) is 6.90. The van der Waals surface area contributed by atoms with Gasteiger partial charge < -0.3 is 10.6 Å². The molecule has 142 valence electrons. The number of anilines is 2. The van der Waals surface area contributed by atoms with Crippen LogP contribution in [0.25, 0.3) is 0 Å². The number of carbonyl (C=O) groups excluding carboxylic acids is 2. The second-order valence-corrected chi connectivity index (χ2v) is 7.52. The van der Waals surface area contributed by atoms with Crippen molar-refractivity contribution >= 4 is 69.6 Å². The molecule has 0 fully saturated rings. The minimum atomic E-state index is -0.479. The van der Waals surface area contributed by atoms with Crippen LogP contribution in [0.15, 0.2) is 60.7 Å². The Kier molecular flexibility index (Phi) is 6.47. The molecule has 0 aromatic heterocycles. The first kappa shape index (κ1) is 20.5. The van der Waals surface area contributed by atoms with Crippen molar-refractivity contribution in [2.75, 3.05) is 10.6 Å². The second kappa shape index (κ2) is 8.84. The number of halogens is 4. The largest absolute Gasteiger partial charge is 0.322 e. The Balaban J connectivity index is 1.85. The molecule has 0 aliphatic carbocycles. The highest BCUT2D eigenvalue weighted by atomic mass is 35.5. The van der Waals surface area contributed by atoms with E-state index >= 15 is 0 Å². The van der Waals surface area contributed by atoms with Gasteiger partial charge in [0, 0.05) is 31.5 Å². The van der Waals surface area contributed by atoms with Crippen LogP contribution in [0.5, 0.6) is 0 Å². The average molecular weight is 454 g/mol. The number of rotatable bonds is 4. The van der Waals surface area contributed by atoms with Crippen LogP contribution in [0.3, 0.4) is 0 Å². The maximum absolute atomic E-state index is 12.7. The van der Waals surface area contributed by atoms with Crippen LogP contribution in [0, 0.1) is 0 Å². The molecule has 3 rings (SSSR count). The fourth-order valence-electron chi connectivity index (χ4n) is 2.53. The van der Waals surface area contributed by atoms with Gasteiger partial charge in [-0.1, -0.05) is 58.5 Å². The summed E-state index contributed by atoms with van der Waals surface area (Å²) in [5.74, 6) is -0.957. The topological polar surface area (TPSA) is 58.2 Å². The van der Waals surface area contributed by atoms with E-state index in [9.17, 15) is 9.59 Å². The predicted molar refractivity (Wildman–Crippen MR) is 115 cm³/mol. The van der Waals surface area contributed by atoms with Gasteiger partial charge >= 0.3 is 0 Å². The third kappa shape index (κ3) is 5.18. The van der Waals surface area contributed by atoms with Gasteiger partial charge in [0.1, 0.15) is 0 Å². The second-order valence-electron chi connectivity index (χ2n) is 5.77. The molecule has 2 N–H and O–H groups in total. The smallest absolute Gasteiger partial charge is 0.256 e. The molecule has 0 radical (unpaired) electrons. The highest BCUT2D eigenvalue weighted by Crippen LogP contribution is 2.25. The summed E-state index contributed by atoms with van der Waals surface area (Å²) in [6.45, 7) is 0. The summed E-state index contributed by atoms with van der Waals surface area (Å²) < 4.78 is 0. The molecule has 0 unspecified atom stereocenters. The molecule has 0 atom stereocenters. The normalized spacial score (nSPS) is 10.4. The van der Waals surface area contributed by atoms with Gasteiger partial charge in [0.15, 0.2) is 0 Å². The van der Waals surface area contributed by atoms with Crippen LogP contribution in [-0.4, -0.2) is 11.8 Å². The minimum Gasteiger partial charge on any atom is -0.322 e. The van der Waals surface area contributed by atoms with E-state index in [4.69, 9.17) is 46.4 Å². The summed E-state index contributed by atoms with van der Waals surface area (Å²) in [7, 11) is 0. The van der Waals surface area contributed by atoms with Gasteiger partial charge in [-0.15, -0.1) is 0 Å². The quantitative estimate of drug-likeness (QED) is 0.456. The number of nitrogens with one attached hydrogen (secondary N) is 2. The predicted octanol–water partition coefficient (Wildman–Crippen LogP) is 6.80. The van der Waals surface area contributed by atoms with Crippen molar-refractivity contribution in [2.45, 2.75) is 0 Å². The average Bonchev–Trinajstić information content (AvgIpc) is 2.59. The summed E-state index contributed by atoms with van der Waals surface area (Å²) in [5.41, 5.74) is 1.20. The van der Waals surface area contributed by atoms with E-state index in [-0.39, 0.29) is 11.1 Å². The molecular formula is C20H12Cl4N2O2. The minimum absolute atomic E-state index is 0.184. The van der Waals surface area contributed by atoms with E-state index in [1.807, 2.05) is 0 Å². The van der Waals surface area contributed by atoms with Gasteiger partial charge in [-0.25, -0.2) is 0 Å². The molecule has 0 spiro atoms. The molecule has 2 amide bonds. The summed E-state index contributed by atoms with van der Waals surface area (Å²) in [6.07, 6.45) is 0. The molecule has 0 saturated carbocycles. The lowest BCUT2D eigenvalue weighted by Gasteiger charge is -2.12. The Hall–Kier alpha value is -2.24. The zero-order chi connectivity index (χ0) is 20.3. The standard InChI is InChI=1S/C20H12Cl4N2O2/c21-11-5-12(22)8-15(7-11)25-19(27)17-3-1-2-4-18(17)20(28)26-16-9-13(23)6-14(24)10-16/h1-10H,(H,25,27)(H,26,28). The van der Waals surface area contributed by atoms with Crippen LogP contribution in [0.2, 0.25) is 20.1 Å². The van der Waals surface area contributed by atoms with Gasteiger partial charge in [-0.05, 0) is 48.5 Å². The zero-order valence-electron chi connectivity index (χ0n) is 14.1. The number of carbonyl (C=O) groups is 2. The zero-order valence-corrected chi connectivity index (χ0v) is 17.1. The van der Waals surface area contributed by atoms with E-state index < -0.39 is 11.8 Å². The van der Waals surface area contributed by atoms with Crippen LogP contribution >= 0.6 is 46.4 Å². The Bertz CT molecular complexity index is 945. The third-order valence-electron chi connectivity index (χ3n) is 3.66. The summed E-state index contributed by atoms with van der Waals surface area (Å²) in [4.78, 5) is 25.4. The van der Waals surface area contributed by atoms with Crippen molar-refractivity contribution < 1.29 is 9.59 Å². The van der Waals surface area contributed by atoms with E-state index in [0.717, 1.165) is 0 Å². The van der Waals surface area contributed by atoms with Gasteiger partial charge in [0.05, 0.1) is 11.1 Å². The number of hydrogen-bond acceptors (Lipinski definition) is 2. The van der Waals surface area contributed by atoms with Crippen LogP contribution in [0.1, 0.15) is 20.7 Å². The molecule has 3 aromatic carbocycles. The lowest BCUT2D eigenvalue weighted by molar-refractivity contribution is 0.0990. The van der Waals surface area contributed by atoms with E-state index in [1.54, 1.807) is 60.7 Å². The lowest BCUT2D eigenvalue weighted by atomic mass is 10.1. The summed E-state index contributed by atoms with van der Waals surface area (Å²) in [6, 6.07) is 15.7. The third-order valence-corrected chi connectivity index (χ3v) is 4.53. The first-order chi connectivity index (χ1) is 13.3. The molecule has 28 heavy (non-hydrogen) atoms. The Labute approximate surface area is 181 Å². The highest BCUT2D eigenvalue weighted by molar-refractivity contribution is 6.36. The Morgan fingerprint density at radius 3 is 1.21 bits per heavy atom. The maximum Gasteiger partial charge on any atom is 0.256 e. The molecule has 0 saturated heterocycles. The fraction of sp³-hybridized carbons (Fsp3) is 0. The molecule has 0 aliphatic rings. The molecular weight excluding hydrogens is 442 g/mol. The Morgan fingerprint density at radius 2 is 0.893 bits per heavy atom. The molecule has 0 aliphatic heterocycles. The van der Waals surface area contributed by atoms with Crippen molar-refractivity contribution in [2.24, 2.45) is 0 Å². The van der Waals surface area contributed by atoms with Gasteiger partial charge in [0.2, 0.25) is 0 Å². The summed E-state index contributed by atoms with van der Waals surface area (Å²) >= 11 is 23.8. The van der Waals surface area contributed by atoms with E-state index in [2.05, 4.69) is 10.6 Å². The molecule has 8 heteroatoms. The van der Waals surface area contributed by atoms with Crippen molar-refractivity contribution in [3.63, 3.8) is 0 Å². The maximum atomic E-state index is 12.7.